The molecule has 0 N–H and O–H groups in total. The van der Waals surface area contributed by atoms with Crippen molar-refractivity contribution in [2.45, 2.75) is 13.5 Å². The van der Waals surface area contributed by atoms with Gasteiger partial charge in [0.15, 0.2) is 5.76 Å². The summed E-state index contributed by atoms with van der Waals surface area (Å²) < 4.78 is 12.7. The number of fused-ring (bicyclic) bond motifs is 1. The maximum atomic E-state index is 12.6. The molecule has 1 aliphatic heterocycles. The van der Waals surface area contributed by atoms with Gasteiger partial charge in [-0.2, -0.15) is 0 Å². The molecule has 27 heavy (non-hydrogen) atoms. The Bertz CT molecular complexity index is 1040. The van der Waals surface area contributed by atoms with Crippen molar-refractivity contribution in [3.63, 3.8) is 0 Å². The summed E-state index contributed by atoms with van der Waals surface area (Å²) in [4.78, 5) is 12.6. The SMILES string of the molecule is Cc1ccccc1COc1ccc2c(c1)OC(=Cc1ccc(Br)cc1)C2=O. The Morgan fingerprint density at radius 3 is 2.59 bits per heavy atom. The van der Waals surface area contributed by atoms with Gasteiger partial charge in [0.1, 0.15) is 18.1 Å². The fourth-order valence-corrected chi connectivity index (χ4v) is 3.16. The summed E-state index contributed by atoms with van der Waals surface area (Å²) in [5.41, 5.74) is 3.78. The number of benzene rings is 3. The maximum absolute atomic E-state index is 12.6. The fraction of sp³-hybridized carbons (Fsp3) is 0.0870. The van der Waals surface area contributed by atoms with Gasteiger partial charge >= 0.3 is 0 Å². The molecule has 0 radical (unpaired) electrons. The van der Waals surface area contributed by atoms with Crippen LogP contribution in [-0.4, -0.2) is 5.78 Å². The second kappa shape index (κ2) is 7.41. The van der Waals surface area contributed by atoms with E-state index in [4.69, 9.17) is 9.47 Å². The zero-order valence-electron chi connectivity index (χ0n) is 14.7. The number of allylic oxidation sites excluding steroid dienone is 1. The van der Waals surface area contributed by atoms with Crippen LogP contribution in [0.25, 0.3) is 6.08 Å². The summed E-state index contributed by atoms with van der Waals surface area (Å²) in [7, 11) is 0. The second-order valence-corrected chi connectivity index (χ2v) is 7.28. The number of aryl methyl sites for hydroxylation is 1. The van der Waals surface area contributed by atoms with Crippen molar-refractivity contribution in [1.82, 2.24) is 0 Å². The van der Waals surface area contributed by atoms with Gasteiger partial charge in [0.25, 0.3) is 0 Å². The van der Waals surface area contributed by atoms with Crippen LogP contribution < -0.4 is 9.47 Å². The number of Topliss-reactive ketones (excluding diaryl/α,β-unsaturated/α-hetero) is 1. The topological polar surface area (TPSA) is 35.5 Å². The van der Waals surface area contributed by atoms with E-state index in [0.29, 0.717) is 29.4 Å². The number of carbonyl (C=O) groups excluding carboxylic acids is 1. The Kier molecular flexibility index (Phi) is 4.82. The second-order valence-electron chi connectivity index (χ2n) is 6.36. The van der Waals surface area contributed by atoms with Crippen molar-refractivity contribution in [2.24, 2.45) is 0 Å². The van der Waals surface area contributed by atoms with E-state index >= 15 is 0 Å². The molecular formula is C23H17BrO3. The Hall–Kier alpha value is -2.85. The van der Waals surface area contributed by atoms with E-state index in [0.717, 1.165) is 15.6 Å². The van der Waals surface area contributed by atoms with Crippen molar-refractivity contribution >= 4 is 27.8 Å². The van der Waals surface area contributed by atoms with Gasteiger partial charge in [-0.3, -0.25) is 4.79 Å². The summed E-state index contributed by atoms with van der Waals surface area (Å²) in [5, 5.41) is 0. The number of carbonyl (C=O) groups is 1. The lowest BCUT2D eigenvalue weighted by Gasteiger charge is -2.09. The molecule has 134 valence electrons. The van der Waals surface area contributed by atoms with Crippen LogP contribution in [0.1, 0.15) is 27.0 Å². The van der Waals surface area contributed by atoms with Gasteiger partial charge in [-0.05, 0) is 54.0 Å². The molecular weight excluding hydrogens is 404 g/mol. The average molecular weight is 421 g/mol. The first-order chi connectivity index (χ1) is 13.1. The lowest BCUT2D eigenvalue weighted by atomic mass is 10.1. The Balaban J connectivity index is 1.52. The van der Waals surface area contributed by atoms with E-state index in [1.165, 1.54) is 5.56 Å². The van der Waals surface area contributed by atoms with E-state index in [1.54, 1.807) is 24.3 Å². The van der Waals surface area contributed by atoms with E-state index in [1.807, 2.05) is 42.5 Å². The summed E-state index contributed by atoms with van der Waals surface area (Å²) >= 11 is 3.40. The first-order valence-electron chi connectivity index (χ1n) is 8.61. The molecule has 3 aromatic rings. The Morgan fingerprint density at radius 2 is 1.81 bits per heavy atom. The minimum Gasteiger partial charge on any atom is -0.489 e. The van der Waals surface area contributed by atoms with Crippen molar-refractivity contribution in [3.05, 3.63) is 99.2 Å². The molecule has 1 heterocycles. The average Bonchev–Trinajstić information content (AvgIpc) is 2.98. The standard InChI is InChI=1S/C23H17BrO3/c1-15-4-2-3-5-17(15)14-26-19-10-11-20-21(13-19)27-22(23(20)25)12-16-6-8-18(24)9-7-16/h2-13H,14H2,1H3. The molecule has 0 bridgehead atoms. The normalized spacial score (nSPS) is 14.1. The monoisotopic (exact) mass is 420 g/mol. The van der Waals surface area contributed by atoms with Gasteiger partial charge < -0.3 is 9.47 Å². The number of rotatable bonds is 4. The highest BCUT2D eigenvalue weighted by Gasteiger charge is 2.27. The molecule has 4 heteroatoms. The van der Waals surface area contributed by atoms with E-state index < -0.39 is 0 Å². The van der Waals surface area contributed by atoms with Crippen LogP contribution in [0.15, 0.2) is 77.0 Å². The molecule has 3 nitrogen and oxygen atoms in total. The van der Waals surface area contributed by atoms with E-state index in [-0.39, 0.29) is 5.78 Å². The van der Waals surface area contributed by atoms with Crippen molar-refractivity contribution in [3.8, 4) is 11.5 Å². The van der Waals surface area contributed by atoms with E-state index in [2.05, 4.69) is 28.9 Å². The number of ketones is 1. The molecule has 0 atom stereocenters. The van der Waals surface area contributed by atoms with Crippen LogP contribution in [0.5, 0.6) is 11.5 Å². The highest BCUT2D eigenvalue weighted by Crippen LogP contribution is 2.35. The van der Waals surface area contributed by atoms with Gasteiger partial charge in [0.05, 0.1) is 5.56 Å². The number of ether oxygens (including phenoxy) is 2. The minimum absolute atomic E-state index is 0.113. The van der Waals surface area contributed by atoms with Gasteiger partial charge in [-0.25, -0.2) is 0 Å². The zero-order valence-corrected chi connectivity index (χ0v) is 16.3. The third-order valence-electron chi connectivity index (χ3n) is 4.46. The first-order valence-corrected chi connectivity index (χ1v) is 9.40. The highest BCUT2D eigenvalue weighted by molar-refractivity contribution is 9.10. The van der Waals surface area contributed by atoms with Gasteiger partial charge in [0, 0.05) is 10.5 Å². The molecule has 0 fully saturated rings. The van der Waals surface area contributed by atoms with Crippen LogP contribution in [0.3, 0.4) is 0 Å². The van der Waals surface area contributed by atoms with Gasteiger partial charge in [-0.1, -0.05) is 52.3 Å². The number of hydrogen-bond acceptors (Lipinski definition) is 3. The van der Waals surface area contributed by atoms with Gasteiger partial charge in [-0.15, -0.1) is 0 Å². The molecule has 0 saturated heterocycles. The largest absolute Gasteiger partial charge is 0.489 e. The maximum Gasteiger partial charge on any atom is 0.231 e. The third-order valence-corrected chi connectivity index (χ3v) is 4.99. The van der Waals surface area contributed by atoms with Crippen molar-refractivity contribution in [1.29, 1.82) is 0 Å². The van der Waals surface area contributed by atoms with Crippen LogP contribution in [0, 0.1) is 6.92 Å². The molecule has 0 amide bonds. The van der Waals surface area contributed by atoms with Crippen molar-refractivity contribution in [2.75, 3.05) is 0 Å². The zero-order chi connectivity index (χ0) is 18.8. The lowest BCUT2D eigenvalue weighted by Crippen LogP contribution is -1.98. The molecule has 0 saturated carbocycles. The molecule has 0 spiro atoms. The van der Waals surface area contributed by atoms with Crippen LogP contribution >= 0.6 is 15.9 Å². The van der Waals surface area contributed by atoms with Crippen LogP contribution in [-0.2, 0) is 6.61 Å². The molecule has 4 rings (SSSR count). The van der Waals surface area contributed by atoms with Crippen LogP contribution in [0.2, 0.25) is 0 Å². The Morgan fingerprint density at radius 1 is 1.04 bits per heavy atom. The minimum atomic E-state index is -0.113. The first kappa shape index (κ1) is 17.6. The molecule has 0 aromatic heterocycles. The molecule has 0 unspecified atom stereocenters. The number of hydrogen-bond donors (Lipinski definition) is 0. The van der Waals surface area contributed by atoms with E-state index in [9.17, 15) is 4.79 Å². The summed E-state index contributed by atoms with van der Waals surface area (Å²) in [6.07, 6.45) is 1.75. The molecule has 1 aliphatic rings. The smallest absolute Gasteiger partial charge is 0.231 e. The number of halogens is 1. The predicted molar refractivity (Wildman–Crippen MR) is 109 cm³/mol. The fourth-order valence-electron chi connectivity index (χ4n) is 2.90. The molecule has 0 aliphatic carbocycles. The highest BCUT2D eigenvalue weighted by atomic mass is 79.9. The van der Waals surface area contributed by atoms with Crippen molar-refractivity contribution < 1.29 is 14.3 Å². The van der Waals surface area contributed by atoms with Gasteiger partial charge in [0.2, 0.25) is 5.78 Å². The summed E-state index contributed by atoms with van der Waals surface area (Å²) in [5.74, 6) is 1.42. The quantitative estimate of drug-likeness (QED) is 0.488. The third kappa shape index (κ3) is 3.81. The van der Waals surface area contributed by atoms with Crippen LogP contribution in [0.4, 0.5) is 0 Å². The summed E-state index contributed by atoms with van der Waals surface area (Å²) in [6.45, 7) is 2.53. The lowest BCUT2D eigenvalue weighted by molar-refractivity contribution is 0.101. The molecule has 3 aromatic carbocycles. The summed E-state index contributed by atoms with van der Waals surface area (Å²) in [6, 6.07) is 21.1. The predicted octanol–water partition coefficient (Wildman–Crippen LogP) is 5.95. The Labute approximate surface area is 166 Å².